The first-order valence-corrected chi connectivity index (χ1v) is 17.1. The number of nitrogens with two attached hydrogens (primary N) is 1. The second-order valence-corrected chi connectivity index (χ2v) is 14.6. The Labute approximate surface area is 307 Å². The Morgan fingerprint density at radius 1 is 0.906 bits per heavy atom. The summed E-state index contributed by atoms with van der Waals surface area (Å²) in [6.45, 7) is 11.2. The number of likely N-dealkylation sites (tertiary alicyclic amines) is 1. The van der Waals surface area contributed by atoms with Gasteiger partial charge in [0.15, 0.2) is 0 Å². The molecule has 7 N–H and O–H groups in total. The zero-order valence-corrected chi connectivity index (χ0v) is 31.1. The van der Waals surface area contributed by atoms with E-state index in [9.17, 15) is 33.6 Å². The van der Waals surface area contributed by atoms with Crippen LogP contribution in [0.1, 0.15) is 72.6 Å². The van der Waals surface area contributed by atoms with Crippen LogP contribution in [0.4, 0.5) is 9.59 Å². The molecule has 6 amide bonds. The van der Waals surface area contributed by atoms with E-state index >= 15 is 0 Å². The van der Waals surface area contributed by atoms with Crippen molar-refractivity contribution >= 4 is 41.8 Å². The lowest BCUT2D eigenvalue weighted by Gasteiger charge is -2.27. The van der Waals surface area contributed by atoms with E-state index in [1.165, 1.54) is 36.5 Å². The number of aromatic nitrogens is 2. The Kier molecular flexibility index (Phi) is 14.3. The number of alkyl carbamates (subject to hydrolysis) is 1. The van der Waals surface area contributed by atoms with Crippen molar-refractivity contribution < 1.29 is 47.8 Å². The summed E-state index contributed by atoms with van der Waals surface area (Å²) in [7, 11) is 0. The Bertz CT molecular complexity index is 1620. The summed E-state index contributed by atoms with van der Waals surface area (Å²) < 4.78 is 15.7. The monoisotopic (exact) mass is 742 g/mol. The van der Waals surface area contributed by atoms with Crippen molar-refractivity contribution in [1.29, 1.82) is 0 Å². The average Bonchev–Trinajstić information content (AvgIpc) is 3.74. The van der Waals surface area contributed by atoms with Crippen molar-refractivity contribution in [1.82, 2.24) is 36.1 Å². The van der Waals surface area contributed by atoms with Gasteiger partial charge in [-0.05, 0) is 79.0 Å². The maximum absolute atomic E-state index is 13.4. The van der Waals surface area contributed by atoms with Crippen LogP contribution in [-0.4, -0.2) is 105 Å². The summed E-state index contributed by atoms with van der Waals surface area (Å²) in [5.74, 6) is -3.10. The number of nitrogens with zero attached hydrogens (tertiary/aromatic N) is 2. The molecule has 0 saturated carbocycles. The number of H-pyrrole nitrogens is 1. The predicted molar refractivity (Wildman–Crippen MR) is 189 cm³/mol. The van der Waals surface area contributed by atoms with Gasteiger partial charge in [-0.2, -0.15) is 0 Å². The number of nitrogens with one attached hydrogen (secondary N) is 5. The van der Waals surface area contributed by atoms with Crippen LogP contribution in [0.2, 0.25) is 0 Å². The van der Waals surface area contributed by atoms with Crippen molar-refractivity contribution in [3.05, 3.63) is 48.0 Å². The SMILES string of the molecule is CC(NC(=O)C(Cc1ccc(OC(=O)OC(C)(C)C)cc1)NC(=O)OC(C)(C)C)C(=O)NCC(=O)NC(Cc1cnc[nH]1)C(=O)N1CCCC1C(N)=O. The van der Waals surface area contributed by atoms with Gasteiger partial charge >= 0.3 is 12.2 Å². The molecule has 1 saturated heterocycles. The average molecular weight is 743 g/mol. The van der Waals surface area contributed by atoms with Crippen molar-refractivity contribution in [2.24, 2.45) is 5.73 Å². The van der Waals surface area contributed by atoms with E-state index in [4.69, 9.17) is 19.9 Å². The number of carbonyl (C=O) groups is 7. The van der Waals surface area contributed by atoms with Gasteiger partial charge in [0.25, 0.3) is 0 Å². The van der Waals surface area contributed by atoms with Gasteiger partial charge in [0.05, 0.1) is 12.9 Å². The normalized spacial score (nSPS) is 16.0. The Hall–Kier alpha value is -5.68. The molecule has 3 rings (SSSR count). The van der Waals surface area contributed by atoms with Gasteiger partial charge in [-0.15, -0.1) is 0 Å². The Balaban J connectivity index is 1.63. The number of rotatable bonds is 14. The smallest absolute Gasteiger partial charge is 0.444 e. The number of hydrogen-bond donors (Lipinski definition) is 6. The summed E-state index contributed by atoms with van der Waals surface area (Å²) in [6.07, 6.45) is 2.16. The molecule has 4 unspecified atom stereocenters. The van der Waals surface area contributed by atoms with Crippen LogP contribution in [0.25, 0.3) is 0 Å². The van der Waals surface area contributed by atoms with Crippen molar-refractivity contribution in [2.75, 3.05) is 13.1 Å². The molecule has 0 spiro atoms. The number of carbonyl (C=O) groups excluding carboxylic acids is 7. The summed E-state index contributed by atoms with van der Waals surface area (Å²) in [5.41, 5.74) is 5.00. The van der Waals surface area contributed by atoms with Crippen LogP contribution in [-0.2, 0) is 46.3 Å². The summed E-state index contributed by atoms with van der Waals surface area (Å²) >= 11 is 0. The zero-order chi connectivity index (χ0) is 39.5. The molecule has 290 valence electrons. The minimum Gasteiger partial charge on any atom is -0.444 e. The number of benzene rings is 1. The first kappa shape index (κ1) is 41.7. The third kappa shape index (κ3) is 14.1. The van der Waals surface area contributed by atoms with E-state index in [0.717, 1.165) is 0 Å². The van der Waals surface area contributed by atoms with Crippen LogP contribution in [0.5, 0.6) is 5.75 Å². The third-order valence-electron chi connectivity index (χ3n) is 7.61. The number of imidazole rings is 1. The van der Waals surface area contributed by atoms with Crippen LogP contribution >= 0.6 is 0 Å². The third-order valence-corrected chi connectivity index (χ3v) is 7.61. The first-order chi connectivity index (χ1) is 24.7. The number of aromatic amines is 1. The standard InChI is InChI=1S/C35H50N8O10/c1-20(29(46)38-18-27(44)41-25(16-22-17-37-19-39-22)31(48)43-14-8-9-26(43)28(36)45)40-30(47)24(42-32(49)52-34(2,3)4)15-21-10-12-23(13-11-21)51-33(50)53-35(5,6)7/h10-13,17,19-20,24-26H,8-9,14-16,18H2,1-7H3,(H2,36,45)(H,37,39)(H,38,46)(H,40,47)(H,41,44)(H,42,49). The summed E-state index contributed by atoms with van der Waals surface area (Å²) in [6, 6.07) is 1.93. The molecule has 0 aliphatic carbocycles. The molecule has 1 aliphatic rings. The molecule has 18 heteroatoms. The second-order valence-electron chi connectivity index (χ2n) is 14.6. The van der Waals surface area contributed by atoms with E-state index in [0.29, 0.717) is 30.6 Å². The number of primary amides is 1. The molecule has 2 heterocycles. The Morgan fingerprint density at radius 2 is 1.57 bits per heavy atom. The fraction of sp³-hybridized carbons (Fsp3) is 0.543. The van der Waals surface area contributed by atoms with Crippen molar-refractivity contribution in [2.45, 2.75) is 110 Å². The van der Waals surface area contributed by atoms with Crippen LogP contribution in [0.15, 0.2) is 36.8 Å². The molecular formula is C35H50N8O10. The van der Waals surface area contributed by atoms with Gasteiger partial charge in [0.2, 0.25) is 29.5 Å². The molecule has 53 heavy (non-hydrogen) atoms. The van der Waals surface area contributed by atoms with Gasteiger partial charge in [-0.1, -0.05) is 12.1 Å². The molecule has 0 radical (unpaired) electrons. The minimum atomic E-state index is -1.20. The molecular weight excluding hydrogens is 692 g/mol. The lowest BCUT2D eigenvalue weighted by Crippen LogP contribution is -2.56. The van der Waals surface area contributed by atoms with Gasteiger partial charge in [0, 0.05) is 31.3 Å². The molecule has 2 aromatic rings. The zero-order valence-electron chi connectivity index (χ0n) is 31.1. The largest absolute Gasteiger partial charge is 0.514 e. The van der Waals surface area contributed by atoms with Crippen LogP contribution in [0.3, 0.4) is 0 Å². The van der Waals surface area contributed by atoms with Crippen LogP contribution in [0, 0.1) is 0 Å². The fourth-order valence-electron chi connectivity index (χ4n) is 5.24. The highest BCUT2D eigenvalue weighted by atomic mass is 16.7. The topological polar surface area (TPSA) is 253 Å². The first-order valence-electron chi connectivity index (χ1n) is 17.1. The maximum Gasteiger partial charge on any atom is 0.514 e. The van der Waals surface area contributed by atoms with Gasteiger partial charge in [0.1, 0.15) is 41.1 Å². The number of ether oxygens (including phenoxy) is 3. The highest BCUT2D eigenvalue weighted by molar-refractivity contribution is 5.95. The molecule has 18 nitrogen and oxygen atoms in total. The van der Waals surface area contributed by atoms with Crippen LogP contribution < -0.4 is 31.7 Å². The predicted octanol–water partition coefficient (Wildman–Crippen LogP) is 0.984. The molecule has 1 aromatic heterocycles. The summed E-state index contributed by atoms with van der Waals surface area (Å²) in [4.78, 5) is 97.5. The lowest BCUT2D eigenvalue weighted by molar-refractivity contribution is -0.140. The van der Waals surface area contributed by atoms with E-state index in [1.54, 1.807) is 53.7 Å². The van der Waals surface area contributed by atoms with Gasteiger partial charge < -0.3 is 51.1 Å². The van der Waals surface area contributed by atoms with Crippen molar-refractivity contribution in [3.63, 3.8) is 0 Å². The van der Waals surface area contributed by atoms with Crippen molar-refractivity contribution in [3.8, 4) is 5.75 Å². The maximum atomic E-state index is 13.4. The fourth-order valence-corrected chi connectivity index (χ4v) is 5.24. The molecule has 4 atom stereocenters. The Morgan fingerprint density at radius 3 is 2.15 bits per heavy atom. The van der Waals surface area contributed by atoms with E-state index in [2.05, 4.69) is 31.2 Å². The van der Waals surface area contributed by atoms with E-state index in [-0.39, 0.29) is 18.6 Å². The van der Waals surface area contributed by atoms with Gasteiger partial charge in [-0.25, -0.2) is 14.6 Å². The second kappa shape index (κ2) is 18.2. The quantitative estimate of drug-likeness (QED) is 0.118. The minimum absolute atomic E-state index is 0.0338. The highest BCUT2D eigenvalue weighted by Gasteiger charge is 2.37. The lowest BCUT2D eigenvalue weighted by atomic mass is 10.0. The van der Waals surface area contributed by atoms with E-state index < -0.39 is 83.7 Å². The molecule has 1 aromatic carbocycles. The van der Waals surface area contributed by atoms with Gasteiger partial charge in [-0.3, -0.25) is 24.0 Å². The molecule has 1 aliphatic heterocycles. The number of amides is 6. The van der Waals surface area contributed by atoms with E-state index in [1.807, 2.05) is 0 Å². The molecule has 0 bridgehead atoms. The highest BCUT2D eigenvalue weighted by Crippen LogP contribution is 2.19. The molecule has 1 fully saturated rings. The summed E-state index contributed by atoms with van der Waals surface area (Å²) in [5, 5.41) is 10.1. The number of hydrogen-bond acceptors (Lipinski definition) is 11.